The van der Waals surface area contributed by atoms with Gasteiger partial charge in [0.15, 0.2) is 22.1 Å². The Balaban J connectivity index is 1.57. The standard InChI is InChI=1S/C19H21FN4O6S2/c20-16-9-21-19(31-16)22-18(26)17(23-30-14-6-8-29-11-14)12-1-3-15(4-2-12)32(27,28)24-7-5-13(25)10-24/h1-4,9,13-14,25H,5-8,10-11H2,(H,21,22,26)/b23-17+/t13-,14+/m0/s1. The first-order valence-corrected chi connectivity index (χ1v) is 12.1. The van der Waals surface area contributed by atoms with Crippen LogP contribution >= 0.6 is 11.3 Å². The molecule has 2 N–H and O–H groups in total. The Morgan fingerprint density at radius 3 is 2.72 bits per heavy atom. The highest BCUT2D eigenvalue weighted by Gasteiger charge is 2.31. The first kappa shape index (κ1) is 22.7. The third-order valence-electron chi connectivity index (χ3n) is 4.99. The lowest BCUT2D eigenvalue weighted by Gasteiger charge is -2.16. The van der Waals surface area contributed by atoms with E-state index in [0.29, 0.717) is 43.0 Å². The molecule has 2 aromatic rings. The number of aliphatic hydroxyl groups is 1. The molecule has 0 bridgehead atoms. The number of hydrogen-bond acceptors (Lipinski definition) is 9. The van der Waals surface area contributed by atoms with E-state index in [4.69, 9.17) is 9.57 Å². The summed E-state index contributed by atoms with van der Waals surface area (Å²) in [4.78, 5) is 22.0. The molecule has 0 unspecified atom stereocenters. The maximum Gasteiger partial charge on any atom is 0.280 e. The van der Waals surface area contributed by atoms with Crippen LogP contribution in [0, 0.1) is 5.13 Å². The molecule has 10 nitrogen and oxygen atoms in total. The fourth-order valence-electron chi connectivity index (χ4n) is 3.28. The maximum absolute atomic E-state index is 13.2. The monoisotopic (exact) mass is 484 g/mol. The highest BCUT2D eigenvalue weighted by molar-refractivity contribution is 7.89. The molecule has 2 fully saturated rings. The van der Waals surface area contributed by atoms with Gasteiger partial charge >= 0.3 is 0 Å². The van der Waals surface area contributed by atoms with Gasteiger partial charge in [-0.15, -0.1) is 0 Å². The number of carbonyl (C=O) groups is 1. The van der Waals surface area contributed by atoms with Gasteiger partial charge in [-0.2, -0.15) is 8.70 Å². The third kappa shape index (κ3) is 5.13. The smallest absolute Gasteiger partial charge is 0.280 e. The second-order valence-electron chi connectivity index (χ2n) is 7.28. The van der Waals surface area contributed by atoms with E-state index < -0.39 is 27.2 Å². The third-order valence-corrected chi connectivity index (χ3v) is 7.57. The summed E-state index contributed by atoms with van der Waals surface area (Å²) in [6.45, 7) is 1.15. The van der Waals surface area contributed by atoms with E-state index in [-0.39, 0.29) is 34.9 Å². The summed E-state index contributed by atoms with van der Waals surface area (Å²) in [7, 11) is -3.77. The predicted molar refractivity (Wildman–Crippen MR) is 113 cm³/mol. The van der Waals surface area contributed by atoms with Crippen molar-refractivity contribution in [3.63, 3.8) is 0 Å². The number of halogens is 1. The lowest BCUT2D eigenvalue weighted by atomic mass is 10.1. The van der Waals surface area contributed by atoms with Crippen LogP contribution in [0.5, 0.6) is 0 Å². The number of benzene rings is 1. The topological polar surface area (TPSA) is 130 Å². The number of oxime groups is 1. The average Bonchev–Trinajstić information content (AvgIpc) is 3.52. The molecule has 0 aliphatic carbocycles. The molecule has 4 rings (SSSR count). The second kappa shape index (κ2) is 9.58. The summed E-state index contributed by atoms with van der Waals surface area (Å²) in [5.74, 6) is -0.684. The highest BCUT2D eigenvalue weighted by atomic mass is 32.2. The molecule has 2 aliphatic heterocycles. The van der Waals surface area contributed by atoms with Gasteiger partial charge in [-0.1, -0.05) is 28.6 Å². The number of anilines is 1. The molecule has 3 heterocycles. The minimum atomic E-state index is -3.77. The van der Waals surface area contributed by atoms with Crippen LogP contribution in [-0.2, 0) is 24.4 Å². The van der Waals surface area contributed by atoms with Gasteiger partial charge in [0.05, 0.1) is 30.4 Å². The molecule has 0 saturated carbocycles. The van der Waals surface area contributed by atoms with E-state index >= 15 is 0 Å². The molecule has 1 aromatic heterocycles. The van der Waals surface area contributed by atoms with Crippen molar-refractivity contribution in [3.05, 3.63) is 41.2 Å². The van der Waals surface area contributed by atoms with Gasteiger partial charge in [0.2, 0.25) is 10.0 Å². The molecule has 0 radical (unpaired) electrons. The summed E-state index contributed by atoms with van der Waals surface area (Å²) >= 11 is 0.661. The number of aromatic nitrogens is 1. The van der Waals surface area contributed by atoms with E-state index in [0.717, 1.165) is 6.20 Å². The minimum absolute atomic E-state index is 0.0298. The number of thiazole rings is 1. The number of aliphatic hydroxyl groups excluding tert-OH is 1. The first-order valence-electron chi connectivity index (χ1n) is 9.86. The molecule has 32 heavy (non-hydrogen) atoms. The van der Waals surface area contributed by atoms with Gasteiger partial charge in [0.25, 0.3) is 5.91 Å². The number of nitrogens with one attached hydrogen (secondary N) is 1. The molecule has 2 atom stereocenters. The van der Waals surface area contributed by atoms with Crippen LogP contribution < -0.4 is 5.32 Å². The van der Waals surface area contributed by atoms with E-state index in [1.165, 1.54) is 28.6 Å². The summed E-state index contributed by atoms with van der Waals surface area (Å²) < 4.78 is 45.2. The zero-order valence-corrected chi connectivity index (χ0v) is 18.4. The Morgan fingerprint density at radius 2 is 2.12 bits per heavy atom. The zero-order valence-electron chi connectivity index (χ0n) is 16.8. The number of rotatable bonds is 7. The Morgan fingerprint density at radius 1 is 1.34 bits per heavy atom. The molecule has 172 valence electrons. The average molecular weight is 485 g/mol. The number of carbonyl (C=O) groups excluding carboxylic acids is 1. The fourth-order valence-corrected chi connectivity index (χ4v) is 5.31. The van der Waals surface area contributed by atoms with Crippen LogP contribution in [0.15, 0.2) is 40.5 Å². The normalized spacial score (nSPS) is 22.2. The van der Waals surface area contributed by atoms with Crippen molar-refractivity contribution in [1.29, 1.82) is 0 Å². The van der Waals surface area contributed by atoms with E-state index in [1.54, 1.807) is 0 Å². The van der Waals surface area contributed by atoms with Crippen molar-refractivity contribution in [1.82, 2.24) is 9.29 Å². The number of amides is 1. The number of β-amino-alcohol motifs (C(OH)–C–C–N with tert-alkyl or cyclic N) is 1. The first-order chi connectivity index (χ1) is 15.3. The molecule has 2 saturated heterocycles. The van der Waals surface area contributed by atoms with Crippen LogP contribution in [-0.4, -0.2) is 72.9 Å². The molecule has 1 amide bonds. The lowest BCUT2D eigenvalue weighted by Crippen LogP contribution is -2.30. The van der Waals surface area contributed by atoms with Crippen LogP contribution in [0.25, 0.3) is 0 Å². The number of hydrogen-bond donors (Lipinski definition) is 2. The Labute approximate surface area is 187 Å². The maximum atomic E-state index is 13.2. The van der Waals surface area contributed by atoms with Crippen LogP contribution in [0.1, 0.15) is 18.4 Å². The SMILES string of the molecule is O=C(Nc1ncc(F)s1)/C(=N/O[C@@H]1CCOC1)c1ccc(S(=O)(=O)N2CC[C@H](O)C2)cc1. The van der Waals surface area contributed by atoms with Crippen LogP contribution in [0.4, 0.5) is 9.52 Å². The van der Waals surface area contributed by atoms with Crippen molar-refractivity contribution in [2.24, 2.45) is 5.16 Å². The van der Waals surface area contributed by atoms with Gasteiger partial charge in [0, 0.05) is 25.1 Å². The second-order valence-corrected chi connectivity index (χ2v) is 10.2. The molecular weight excluding hydrogens is 463 g/mol. The summed E-state index contributed by atoms with van der Waals surface area (Å²) in [6, 6.07) is 5.60. The minimum Gasteiger partial charge on any atom is -0.392 e. The van der Waals surface area contributed by atoms with Gasteiger partial charge in [0.1, 0.15) is 0 Å². The van der Waals surface area contributed by atoms with Gasteiger partial charge in [-0.05, 0) is 18.6 Å². The molecule has 2 aliphatic rings. The fraction of sp³-hybridized carbons (Fsp3) is 0.421. The summed E-state index contributed by atoms with van der Waals surface area (Å²) in [5.41, 5.74) is 0.187. The van der Waals surface area contributed by atoms with Crippen LogP contribution in [0.2, 0.25) is 0 Å². The number of nitrogens with zero attached hydrogens (tertiary/aromatic N) is 3. The number of ether oxygens (including phenoxy) is 1. The highest BCUT2D eigenvalue weighted by Crippen LogP contribution is 2.22. The van der Waals surface area contributed by atoms with Crippen LogP contribution in [0.3, 0.4) is 0 Å². The largest absolute Gasteiger partial charge is 0.392 e. The van der Waals surface area contributed by atoms with Crippen molar-refractivity contribution in [2.75, 3.05) is 31.6 Å². The number of sulfonamides is 1. The van der Waals surface area contributed by atoms with Crippen molar-refractivity contribution >= 4 is 38.1 Å². The molecular formula is C19H21FN4O6S2. The Bertz CT molecular complexity index is 1100. The van der Waals surface area contributed by atoms with Gasteiger partial charge in [-0.3, -0.25) is 10.1 Å². The predicted octanol–water partition coefficient (Wildman–Crippen LogP) is 1.19. The van der Waals surface area contributed by atoms with E-state index in [9.17, 15) is 22.7 Å². The van der Waals surface area contributed by atoms with Crippen molar-refractivity contribution in [3.8, 4) is 0 Å². The quantitative estimate of drug-likeness (QED) is 0.446. The van der Waals surface area contributed by atoms with Crippen molar-refractivity contribution < 1.29 is 32.3 Å². The summed E-state index contributed by atoms with van der Waals surface area (Å²) in [6.07, 6.45) is 0.997. The van der Waals surface area contributed by atoms with Gasteiger partial charge in [-0.25, -0.2) is 13.4 Å². The summed E-state index contributed by atoms with van der Waals surface area (Å²) in [5, 5.41) is 15.6. The van der Waals surface area contributed by atoms with Crippen molar-refractivity contribution in [2.45, 2.75) is 29.9 Å². The van der Waals surface area contributed by atoms with Gasteiger partial charge < -0.3 is 14.7 Å². The van der Waals surface area contributed by atoms with E-state index in [1.807, 2.05) is 0 Å². The molecule has 0 spiro atoms. The molecule has 1 aromatic carbocycles. The Hall–Kier alpha value is -2.45. The van der Waals surface area contributed by atoms with E-state index in [2.05, 4.69) is 15.5 Å². The zero-order chi connectivity index (χ0) is 22.7. The molecule has 13 heteroatoms. The Kier molecular flexibility index (Phi) is 6.81. The lowest BCUT2D eigenvalue weighted by molar-refractivity contribution is -0.110.